The van der Waals surface area contributed by atoms with Crippen LogP contribution in [0.4, 0.5) is 0 Å². The summed E-state index contributed by atoms with van der Waals surface area (Å²) in [6, 6.07) is 5.75. The summed E-state index contributed by atoms with van der Waals surface area (Å²) in [4.78, 5) is 8.63. The van der Waals surface area contributed by atoms with Crippen molar-refractivity contribution in [3.05, 3.63) is 47.0 Å². The highest BCUT2D eigenvalue weighted by atomic mass is 35.5. The fourth-order valence-corrected chi connectivity index (χ4v) is 2.05. The molecule has 0 spiro atoms. The van der Waals surface area contributed by atoms with Crippen LogP contribution in [-0.4, -0.2) is 33.8 Å². The quantitative estimate of drug-likeness (QED) is 0.483. The Morgan fingerprint density at radius 1 is 1.32 bits per heavy atom. The molecule has 0 atom stereocenters. The number of aromatic nitrogens is 3. The Bertz CT molecular complexity index is 605. The molecule has 0 aliphatic heterocycles. The fourth-order valence-electron chi connectivity index (χ4n) is 1.94. The lowest BCUT2D eigenvalue weighted by molar-refractivity contribution is 0.707. The fraction of sp³-hybridized carbons (Fsp3) is 0.400. The van der Waals surface area contributed by atoms with Crippen molar-refractivity contribution in [2.75, 3.05) is 13.1 Å². The van der Waals surface area contributed by atoms with Crippen LogP contribution in [0.5, 0.6) is 0 Å². The van der Waals surface area contributed by atoms with Gasteiger partial charge in [-0.3, -0.25) is 4.68 Å². The molecule has 2 aromatic heterocycles. The van der Waals surface area contributed by atoms with E-state index in [0.29, 0.717) is 11.7 Å². The van der Waals surface area contributed by atoms with Crippen LogP contribution in [0, 0.1) is 0 Å². The molecule has 2 rings (SSSR count). The van der Waals surface area contributed by atoms with Gasteiger partial charge in [-0.2, -0.15) is 5.10 Å². The van der Waals surface area contributed by atoms with E-state index in [-0.39, 0.29) is 0 Å². The average Bonchev–Trinajstić information content (AvgIpc) is 2.92. The van der Waals surface area contributed by atoms with Crippen molar-refractivity contribution < 1.29 is 0 Å². The Labute approximate surface area is 135 Å². The zero-order valence-corrected chi connectivity index (χ0v) is 13.6. The molecule has 0 aromatic carbocycles. The Morgan fingerprint density at radius 3 is 2.82 bits per heavy atom. The normalized spacial score (nSPS) is 11.5. The lowest BCUT2D eigenvalue weighted by Gasteiger charge is -2.11. The molecule has 22 heavy (non-hydrogen) atoms. The number of guanidine groups is 1. The van der Waals surface area contributed by atoms with E-state index < -0.39 is 0 Å². The second-order valence-electron chi connectivity index (χ2n) is 4.81. The summed E-state index contributed by atoms with van der Waals surface area (Å²) in [5.41, 5.74) is 2.21. The number of halogens is 1. The molecule has 2 heterocycles. The van der Waals surface area contributed by atoms with Gasteiger partial charge < -0.3 is 10.6 Å². The summed E-state index contributed by atoms with van der Waals surface area (Å²) in [5.74, 6) is 0.797. The van der Waals surface area contributed by atoms with Crippen LogP contribution >= 0.6 is 11.6 Å². The summed E-state index contributed by atoms with van der Waals surface area (Å²) >= 11 is 5.78. The first-order valence-corrected chi connectivity index (χ1v) is 7.66. The molecule has 0 fully saturated rings. The maximum absolute atomic E-state index is 5.78. The first-order valence-electron chi connectivity index (χ1n) is 7.28. The van der Waals surface area contributed by atoms with E-state index in [1.165, 1.54) is 0 Å². The predicted molar refractivity (Wildman–Crippen MR) is 89.0 cm³/mol. The molecule has 0 bridgehead atoms. The standard InChI is InChI=1S/C15H21ClN6/c1-3-17-15(20-11-13-7-9-21-22(13)2)18-8-6-12-4-5-14(16)19-10-12/h4-5,7,9-10H,3,6,8,11H2,1-2H3,(H2,17,18,20). The van der Waals surface area contributed by atoms with E-state index in [1.807, 2.05) is 30.8 Å². The average molecular weight is 321 g/mol. The topological polar surface area (TPSA) is 67.1 Å². The summed E-state index contributed by atoms with van der Waals surface area (Å²) in [5, 5.41) is 11.2. The molecule has 0 radical (unpaired) electrons. The van der Waals surface area contributed by atoms with Gasteiger partial charge in [0.1, 0.15) is 5.15 Å². The van der Waals surface area contributed by atoms with Crippen LogP contribution in [0.3, 0.4) is 0 Å². The molecule has 2 aromatic rings. The van der Waals surface area contributed by atoms with Gasteiger partial charge in [0, 0.05) is 32.5 Å². The van der Waals surface area contributed by atoms with E-state index in [1.54, 1.807) is 18.5 Å². The third-order valence-corrected chi connectivity index (χ3v) is 3.38. The number of nitrogens with one attached hydrogen (secondary N) is 2. The summed E-state index contributed by atoms with van der Waals surface area (Å²) in [6.07, 6.45) is 4.43. The van der Waals surface area contributed by atoms with Crippen molar-refractivity contribution in [3.8, 4) is 0 Å². The van der Waals surface area contributed by atoms with Crippen molar-refractivity contribution in [1.82, 2.24) is 25.4 Å². The number of aryl methyl sites for hydroxylation is 1. The molecule has 0 unspecified atom stereocenters. The van der Waals surface area contributed by atoms with E-state index >= 15 is 0 Å². The van der Waals surface area contributed by atoms with Crippen molar-refractivity contribution >= 4 is 17.6 Å². The number of nitrogens with zero attached hydrogens (tertiary/aromatic N) is 4. The van der Waals surface area contributed by atoms with Crippen molar-refractivity contribution in [2.45, 2.75) is 19.9 Å². The smallest absolute Gasteiger partial charge is 0.191 e. The molecule has 0 saturated carbocycles. The van der Waals surface area contributed by atoms with Gasteiger partial charge >= 0.3 is 0 Å². The van der Waals surface area contributed by atoms with Gasteiger partial charge in [-0.1, -0.05) is 17.7 Å². The first-order chi connectivity index (χ1) is 10.7. The van der Waals surface area contributed by atoms with Crippen molar-refractivity contribution in [2.24, 2.45) is 12.0 Å². The largest absolute Gasteiger partial charge is 0.357 e. The predicted octanol–water partition coefficient (Wildman–Crippen LogP) is 1.77. The lowest BCUT2D eigenvalue weighted by Crippen LogP contribution is -2.38. The second kappa shape index (κ2) is 8.38. The molecule has 0 aliphatic carbocycles. The molecule has 7 heteroatoms. The second-order valence-corrected chi connectivity index (χ2v) is 5.19. The van der Waals surface area contributed by atoms with Crippen LogP contribution in [0.15, 0.2) is 35.6 Å². The minimum atomic E-state index is 0.516. The Balaban J connectivity index is 1.85. The number of aliphatic imine (C=N–C) groups is 1. The van der Waals surface area contributed by atoms with Gasteiger partial charge in [-0.05, 0) is 31.0 Å². The minimum Gasteiger partial charge on any atom is -0.357 e. The van der Waals surface area contributed by atoms with Crippen molar-refractivity contribution in [1.29, 1.82) is 0 Å². The zero-order valence-electron chi connectivity index (χ0n) is 12.9. The summed E-state index contributed by atoms with van der Waals surface area (Å²) < 4.78 is 1.83. The monoisotopic (exact) mass is 320 g/mol. The van der Waals surface area contributed by atoms with E-state index in [0.717, 1.165) is 36.7 Å². The SMILES string of the molecule is CCNC(=NCc1ccnn1C)NCCc1ccc(Cl)nc1. The highest BCUT2D eigenvalue weighted by Crippen LogP contribution is 2.05. The number of hydrogen-bond donors (Lipinski definition) is 2. The molecule has 0 aliphatic rings. The first kappa shape index (κ1) is 16.3. The maximum Gasteiger partial charge on any atom is 0.191 e. The lowest BCUT2D eigenvalue weighted by atomic mass is 10.2. The molecular weight excluding hydrogens is 300 g/mol. The van der Waals surface area contributed by atoms with Gasteiger partial charge in [-0.25, -0.2) is 9.98 Å². The van der Waals surface area contributed by atoms with Crippen molar-refractivity contribution in [3.63, 3.8) is 0 Å². The Hall–Kier alpha value is -2.08. The van der Waals surface area contributed by atoms with Crippen LogP contribution in [0.1, 0.15) is 18.2 Å². The number of hydrogen-bond acceptors (Lipinski definition) is 3. The van der Waals surface area contributed by atoms with E-state index in [2.05, 4.69) is 25.7 Å². The van der Waals surface area contributed by atoms with E-state index in [9.17, 15) is 0 Å². The van der Waals surface area contributed by atoms with Gasteiger partial charge in [0.2, 0.25) is 0 Å². The minimum absolute atomic E-state index is 0.516. The van der Waals surface area contributed by atoms with Gasteiger partial charge in [0.25, 0.3) is 0 Å². The zero-order chi connectivity index (χ0) is 15.8. The number of rotatable bonds is 6. The van der Waals surface area contributed by atoms with Gasteiger partial charge in [0.15, 0.2) is 5.96 Å². The van der Waals surface area contributed by atoms with Crippen LogP contribution in [-0.2, 0) is 20.0 Å². The summed E-state index contributed by atoms with van der Waals surface area (Å²) in [6.45, 7) is 4.24. The third kappa shape index (κ3) is 5.04. The molecular formula is C15H21ClN6. The van der Waals surface area contributed by atoms with Gasteiger partial charge in [0.05, 0.1) is 12.2 Å². The molecule has 0 amide bonds. The van der Waals surface area contributed by atoms with Crippen LogP contribution in [0.2, 0.25) is 5.15 Å². The Kier molecular flexibility index (Phi) is 6.21. The van der Waals surface area contributed by atoms with E-state index in [4.69, 9.17) is 11.6 Å². The molecule has 118 valence electrons. The molecule has 0 saturated heterocycles. The summed E-state index contributed by atoms with van der Waals surface area (Å²) in [7, 11) is 1.92. The van der Waals surface area contributed by atoms with Crippen LogP contribution < -0.4 is 10.6 Å². The highest BCUT2D eigenvalue weighted by molar-refractivity contribution is 6.29. The maximum atomic E-state index is 5.78. The molecule has 6 nitrogen and oxygen atoms in total. The Morgan fingerprint density at radius 2 is 2.18 bits per heavy atom. The van der Waals surface area contributed by atoms with Gasteiger partial charge in [-0.15, -0.1) is 0 Å². The molecule has 2 N–H and O–H groups in total. The highest BCUT2D eigenvalue weighted by Gasteiger charge is 2.01. The number of pyridine rings is 1. The van der Waals surface area contributed by atoms with Crippen LogP contribution in [0.25, 0.3) is 0 Å². The third-order valence-electron chi connectivity index (χ3n) is 3.16.